The van der Waals surface area contributed by atoms with Crippen LogP contribution in [-0.4, -0.2) is 35.2 Å². The molecule has 1 aliphatic heterocycles. The van der Waals surface area contributed by atoms with E-state index in [9.17, 15) is 23.1 Å². The van der Waals surface area contributed by atoms with Crippen molar-refractivity contribution in [2.75, 3.05) is 13.1 Å². The standard InChI is InChI=1S/C16H20F3NO2/c1-11-7-14(21)5-4-13(11)8-15(22)20-6-2-3-12(10-20)9-16(17,18)19/h4-5,7,12,21H,2-3,6,8-10H2,1H3. The molecule has 1 saturated heterocycles. The Balaban J connectivity index is 1.97. The van der Waals surface area contributed by atoms with Crippen molar-refractivity contribution in [3.05, 3.63) is 29.3 Å². The first-order valence-corrected chi connectivity index (χ1v) is 7.37. The maximum Gasteiger partial charge on any atom is 0.389 e. The van der Waals surface area contributed by atoms with Crippen LogP contribution in [0.4, 0.5) is 13.2 Å². The first-order valence-electron chi connectivity index (χ1n) is 7.37. The number of alkyl halides is 3. The number of piperidine rings is 1. The molecule has 1 aliphatic rings. The maximum atomic E-state index is 12.5. The molecule has 0 aromatic heterocycles. The van der Waals surface area contributed by atoms with Crippen LogP contribution in [0.5, 0.6) is 5.75 Å². The predicted molar refractivity (Wildman–Crippen MR) is 76.5 cm³/mol. The first kappa shape index (κ1) is 16.6. The molecule has 1 atom stereocenters. The Morgan fingerprint density at radius 3 is 2.77 bits per heavy atom. The highest BCUT2D eigenvalue weighted by Gasteiger charge is 2.34. The number of hydrogen-bond donors (Lipinski definition) is 1. The van der Waals surface area contributed by atoms with Crippen LogP contribution in [0.1, 0.15) is 30.4 Å². The molecule has 1 aromatic rings. The molecule has 1 heterocycles. The van der Waals surface area contributed by atoms with Gasteiger partial charge in [0.15, 0.2) is 0 Å². The van der Waals surface area contributed by atoms with Gasteiger partial charge in [-0.25, -0.2) is 0 Å². The Morgan fingerprint density at radius 2 is 2.14 bits per heavy atom. The van der Waals surface area contributed by atoms with E-state index in [1.165, 1.54) is 11.0 Å². The van der Waals surface area contributed by atoms with Gasteiger partial charge >= 0.3 is 6.18 Å². The molecule has 1 fully saturated rings. The van der Waals surface area contributed by atoms with E-state index in [0.717, 1.165) is 11.1 Å². The van der Waals surface area contributed by atoms with E-state index in [2.05, 4.69) is 0 Å². The fourth-order valence-corrected chi connectivity index (χ4v) is 2.94. The van der Waals surface area contributed by atoms with Crippen LogP contribution in [0.3, 0.4) is 0 Å². The van der Waals surface area contributed by atoms with Gasteiger partial charge in [0.25, 0.3) is 0 Å². The molecule has 22 heavy (non-hydrogen) atoms. The van der Waals surface area contributed by atoms with Crippen molar-refractivity contribution >= 4 is 5.91 Å². The van der Waals surface area contributed by atoms with Crippen LogP contribution in [-0.2, 0) is 11.2 Å². The van der Waals surface area contributed by atoms with Gasteiger partial charge in [0.1, 0.15) is 5.75 Å². The Labute approximate surface area is 127 Å². The molecule has 1 amide bonds. The monoisotopic (exact) mass is 315 g/mol. The third-order valence-electron chi connectivity index (χ3n) is 4.06. The minimum absolute atomic E-state index is 0.136. The second-order valence-corrected chi connectivity index (χ2v) is 5.95. The Hall–Kier alpha value is -1.72. The van der Waals surface area contributed by atoms with Crippen LogP contribution < -0.4 is 0 Å². The molecule has 0 saturated carbocycles. The quantitative estimate of drug-likeness (QED) is 0.928. The average Bonchev–Trinajstić information content (AvgIpc) is 2.40. The smallest absolute Gasteiger partial charge is 0.389 e. The topological polar surface area (TPSA) is 40.5 Å². The lowest BCUT2D eigenvalue weighted by Crippen LogP contribution is -2.41. The van der Waals surface area contributed by atoms with Gasteiger partial charge in [0.05, 0.1) is 6.42 Å². The fraction of sp³-hybridized carbons (Fsp3) is 0.562. The number of aryl methyl sites for hydroxylation is 1. The number of likely N-dealkylation sites (tertiary alicyclic amines) is 1. The molecule has 122 valence electrons. The molecular formula is C16H20F3NO2. The number of rotatable bonds is 3. The van der Waals surface area contributed by atoms with Crippen molar-refractivity contribution in [1.29, 1.82) is 0 Å². The van der Waals surface area contributed by atoms with Crippen molar-refractivity contribution in [3.63, 3.8) is 0 Å². The summed E-state index contributed by atoms with van der Waals surface area (Å²) in [6.45, 7) is 2.49. The highest BCUT2D eigenvalue weighted by Crippen LogP contribution is 2.30. The molecule has 3 nitrogen and oxygen atoms in total. The summed E-state index contributed by atoms with van der Waals surface area (Å²) < 4.78 is 37.4. The molecule has 0 bridgehead atoms. The highest BCUT2D eigenvalue weighted by molar-refractivity contribution is 5.79. The molecule has 1 unspecified atom stereocenters. The lowest BCUT2D eigenvalue weighted by Gasteiger charge is -2.33. The van der Waals surface area contributed by atoms with E-state index in [1.807, 2.05) is 0 Å². The summed E-state index contributed by atoms with van der Waals surface area (Å²) >= 11 is 0. The largest absolute Gasteiger partial charge is 0.508 e. The van der Waals surface area contributed by atoms with Crippen molar-refractivity contribution in [1.82, 2.24) is 4.90 Å². The molecule has 1 N–H and O–H groups in total. The minimum Gasteiger partial charge on any atom is -0.508 e. The van der Waals surface area contributed by atoms with E-state index >= 15 is 0 Å². The summed E-state index contributed by atoms with van der Waals surface area (Å²) in [5, 5.41) is 9.36. The van der Waals surface area contributed by atoms with Gasteiger partial charge in [-0.1, -0.05) is 6.07 Å². The van der Waals surface area contributed by atoms with Gasteiger partial charge in [-0.05, 0) is 48.9 Å². The molecule has 0 spiro atoms. The predicted octanol–water partition coefficient (Wildman–Crippen LogP) is 3.43. The zero-order chi connectivity index (χ0) is 16.3. The number of carbonyl (C=O) groups is 1. The number of phenolic OH excluding ortho intramolecular Hbond substituents is 1. The van der Waals surface area contributed by atoms with Crippen molar-refractivity contribution < 1.29 is 23.1 Å². The van der Waals surface area contributed by atoms with Gasteiger partial charge < -0.3 is 10.0 Å². The first-order chi connectivity index (χ1) is 10.2. The number of halogens is 3. The van der Waals surface area contributed by atoms with E-state index in [0.29, 0.717) is 19.4 Å². The van der Waals surface area contributed by atoms with Crippen molar-refractivity contribution in [2.24, 2.45) is 5.92 Å². The lowest BCUT2D eigenvalue weighted by molar-refractivity contribution is -0.152. The van der Waals surface area contributed by atoms with E-state index in [4.69, 9.17) is 0 Å². The zero-order valence-corrected chi connectivity index (χ0v) is 12.5. The van der Waals surface area contributed by atoms with Gasteiger partial charge in [-0.2, -0.15) is 13.2 Å². The van der Waals surface area contributed by atoms with E-state index in [1.54, 1.807) is 19.1 Å². The molecule has 0 radical (unpaired) electrons. The van der Waals surface area contributed by atoms with E-state index < -0.39 is 18.5 Å². The van der Waals surface area contributed by atoms with Crippen LogP contribution >= 0.6 is 0 Å². The Morgan fingerprint density at radius 1 is 1.41 bits per heavy atom. The number of hydrogen-bond acceptors (Lipinski definition) is 2. The number of amides is 1. The lowest BCUT2D eigenvalue weighted by atomic mass is 9.94. The molecule has 6 heteroatoms. The van der Waals surface area contributed by atoms with E-state index in [-0.39, 0.29) is 24.6 Å². The third kappa shape index (κ3) is 4.64. The van der Waals surface area contributed by atoms with Crippen LogP contribution in [0.25, 0.3) is 0 Å². The van der Waals surface area contributed by atoms with Gasteiger partial charge in [-0.15, -0.1) is 0 Å². The van der Waals surface area contributed by atoms with Crippen LogP contribution in [0.15, 0.2) is 18.2 Å². The van der Waals surface area contributed by atoms with Crippen molar-refractivity contribution in [2.45, 2.75) is 38.8 Å². The summed E-state index contributed by atoms with van der Waals surface area (Å²) in [6.07, 6.45) is -3.72. The molecular weight excluding hydrogens is 295 g/mol. The number of benzene rings is 1. The normalized spacial score (nSPS) is 19.3. The summed E-state index contributed by atoms with van der Waals surface area (Å²) in [4.78, 5) is 13.8. The van der Waals surface area contributed by atoms with Crippen molar-refractivity contribution in [3.8, 4) is 5.75 Å². The SMILES string of the molecule is Cc1cc(O)ccc1CC(=O)N1CCCC(CC(F)(F)F)C1. The summed E-state index contributed by atoms with van der Waals surface area (Å²) in [5.74, 6) is -0.517. The summed E-state index contributed by atoms with van der Waals surface area (Å²) in [6, 6.07) is 4.77. The average molecular weight is 315 g/mol. The van der Waals surface area contributed by atoms with Gasteiger partial charge in [-0.3, -0.25) is 4.79 Å². The summed E-state index contributed by atoms with van der Waals surface area (Å²) in [5.41, 5.74) is 1.60. The maximum absolute atomic E-state index is 12.5. The number of carbonyl (C=O) groups excluding carboxylic acids is 1. The second kappa shape index (κ2) is 6.58. The third-order valence-corrected chi connectivity index (χ3v) is 4.06. The zero-order valence-electron chi connectivity index (χ0n) is 12.5. The molecule has 1 aromatic carbocycles. The van der Waals surface area contributed by atoms with Gasteiger partial charge in [0, 0.05) is 19.5 Å². The highest BCUT2D eigenvalue weighted by atomic mass is 19.4. The summed E-state index contributed by atoms with van der Waals surface area (Å²) in [7, 11) is 0. The number of phenols is 1. The Kier molecular flexibility index (Phi) is 4.98. The number of aromatic hydroxyl groups is 1. The Bertz CT molecular complexity index is 543. The fourth-order valence-electron chi connectivity index (χ4n) is 2.94. The van der Waals surface area contributed by atoms with Gasteiger partial charge in [0.2, 0.25) is 5.91 Å². The number of nitrogens with zero attached hydrogens (tertiary/aromatic N) is 1. The molecule has 2 rings (SSSR count). The van der Waals surface area contributed by atoms with Crippen LogP contribution in [0.2, 0.25) is 0 Å². The molecule has 0 aliphatic carbocycles. The second-order valence-electron chi connectivity index (χ2n) is 5.95. The minimum atomic E-state index is -4.18. The van der Waals surface area contributed by atoms with Crippen LogP contribution in [0, 0.1) is 12.8 Å².